The fraction of sp³-hybridized carbons (Fsp3) is 0.308. The molecule has 0 spiro atoms. The number of aliphatic hydroxyl groups is 1. The predicted molar refractivity (Wildman–Crippen MR) is 70.1 cm³/mol. The highest BCUT2D eigenvalue weighted by Crippen LogP contribution is 2.29. The van der Waals surface area contributed by atoms with E-state index in [-0.39, 0.29) is 6.61 Å². The number of nitrogens with zero attached hydrogens (tertiary/aromatic N) is 1. The first-order valence-electron chi connectivity index (χ1n) is 5.54. The van der Waals surface area contributed by atoms with Crippen molar-refractivity contribution in [2.75, 3.05) is 7.11 Å². The molecule has 0 aliphatic heterocycles. The van der Waals surface area contributed by atoms with Crippen LogP contribution in [0.5, 0.6) is 11.5 Å². The molecule has 0 bridgehead atoms. The Kier molecular flexibility index (Phi) is 4.17. The molecular formula is C13H15NO3S. The van der Waals surface area contributed by atoms with Crippen LogP contribution in [-0.4, -0.2) is 17.2 Å². The molecule has 1 aromatic heterocycles. The number of aryl methyl sites for hydroxylation is 1. The van der Waals surface area contributed by atoms with E-state index in [4.69, 9.17) is 14.6 Å². The highest BCUT2D eigenvalue weighted by Gasteiger charge is 2.07. The quantitative estimate of drug-likeness (QED) is 0.902. The summed E-state index contributed by atoms with van der Waals surface area (Å²) in [4.78, 5) is 4.33. The third kappa shape index (κ3) is 3.00. The van der Waals surface area contributed by atoms with Crippen molar-refractivity contribution in [3.8, 4) is 11.5 Å². The number of ether oxygens (including phenoxy) is 2. The van der Waals surface area contributed by atoms with Crippen LogP contribution < -0.4 is 9.47 Å². The van der Waals surface area contributed by atoms with Crippen molar-refractivity contribution in [2.24, 2.45) is 0 Å². The van der Waals surface area contributed by atoms with Crippen LogP contribution in [0.3, 0.4) is 0 Å². The van der Waals surface area contributed by atoms with Gasteiger partial charge in [0.25, 0.3) is 0 Å². The van der Waals surface area contributed by atoms with Crippen LogP contribution in [-0.2, 0) is 13.2 Å². The molecule has 4 nitrogen and oxygen atoms in total. The lowest BCUT2D eigenvalue weighted by Gasteiger charge is -2.10. The molecular weight excluding hydrogens is 250 g/mol. The summed E-state index contributed by atoms with van der Waals surface area (Å²) >= 11 is 1.57. The Balaban J connectivity index is 2.08. The zero-order valence-corrected chi connectivity index (χ0v) is 11.2. The van der Waals surface area contributed by atoms with E-state index in [1.54, 1.807) is 30.6 Å². The number of aromatic nitrogens is 1. The number of methoxy groups -OCH3 is 1. The lowest BCUT2D eigenvalue weighted by atomic mass is 10.2. The summed E-state index contributed by atoms with van der Waals surface area (Å²) in [6.45, 7) is 2.37. The molecule has 0 fully saturated rings. The topological polar surface area (TPSA) is 51.6 Å². The Morgan fingerprint density at radius 3 is 2.78 bits per heavy atom. The van der Waals surface area contributed by atoms with Gasteiger partial charge in [-0.05, 0) is 24.6 Å². The maximum atomic E-state index is 9.05. The number of thiazole rings is 1. The second kappa shape index (κ2) is 5.84. The SMILES string of the molecule is COc1cc(CO)ccc1OCc1nc(C)cs1. The molecule has 2 aromatic rings. The van der Waals surface area contributed by atoms with E-state index in [9.17, 15) is 0 Å². The minimum Gasteiger partial charge on any atom is -0.493 e. The van der Waals surface area contributed by atoms with Gasteiger partial charge in [-0.2, -0.15) is 0 Å². The summed E-state index contributed by atoms with van der Waals surface area (Å²) in [7, 11) is 1.58. The number of hydrogen-bond acceptors (Lipinski definition) is 5. The van der Waals surface area contributed by atoms with Crippen molar-refractivity contribution in [1.82, 2.24) is 4.98 Å². The van der Waals surface area contributed by atoms with Crippen molar-refractivity contribution >= 4 is 11.3 Å². The number of rotatable bonds is 5. The maximum Gasteiger partial charge on any atom is 0.161 e. The van der Waals surface area contributed by atoms with Gasteiger partial charge in [0, 0.05) is 11.1 Å². The van der Waals surface area contributed by atoms with Gasteiger partial charge in [-0.15, -0.1) is 11.3 Å². The van der Waals surface area contributed by atoms with Crippen LogP contribution in [0.1, 0.15) is 16.3 Å². The van der Waals surface area contributed by atoms with E-state index < -0.39 is 0 Å². The predicted octanol–water partition coefficient (Wildman–Crippen LogP) is 2.53. The summed E-state index contributed by atoms with van der Waals surface area (Å²) in [6.07, 6.45) is 0. The van der Waals surface area contributed by atoms with Gasteiger partial charge in [-0.1, -0.05) is 6.07 Å². The van der Waals surface area contributed by atoms with Crippen LogP contribution in [0.15, 0.2) is 23.6 Å². The zero-order chi connectivity index (χ0) is 13.0. The van der Waals surface area contributed by atoms with Gasteiger partial charge >= 0.3 is 0 Å². The summed E-state index contributed by atoms with van der Waals surface area (Å²) in [6, 6.07) is 5.37. The monoisotopic (exact) mass is 265 g/mol. The smallest absolute Gasteiger partial charge is 0.161 e. The Hall–Kier alpha value is -1.59. The van der Waals surface area contributed by atoms with Crippen molar-refractivity contribution in [3.05, 3.63) is 39.8 Å². The molecule has 1 N–H and O–H groups in total. The second-order valence-corrected chi connectivity index (χ2v) is 4.76. The number of aliphatic hydroxyl groups excluding tert-OH is 1. The molecule has 0 amide bonds. The normalized spacial score (nSPS) is 10.4. The van der Waals surface area contributed by atoms with Crippen LogP contribution in [0.25, 0.3) is 0 Å². The van der Waals surface area contributed by atoms with Crippen LogP contribution in [0.4, 0.5) is 0 Å². The summed E-state index contributed by atoms with van der Waals surface area (Å²) < 4.78 is 10.9. The maximum absolute atomic E-state index is 9.05. The molecule has 0 unspecified atom stereocenters. The standard InChI is InChI=1S/C13H15NO3S/c1-9-8-18-13(14-9)7-17-11-4-3-10(6-15)5-12(11)16-2/h3-5,8,15H,6-7H2,1-2H3. The van der Waals surface area contributed by atoms with Crippen LogP contribution in [0.2, 0.25) is 0 Å². The molecule has 0 aliphatic carbocycles. The molecule has 1 aromatic carbocycles. The first-order valence-corrected chi connectivity index (χ1v) is 6.42. The second-order valence-electron chi connectivity index (χ2n) is 3.81. The number of hydrogen-bond donors (Lipinski definition) is 1. The lowest BCUT2D eigenvalue weighted by molar-refractivity contribution is 0.274. The molecule has 96 valence electrons. The molecule has 5 heteroatoms. The summed E-state index contributed by atoms with van der Waals surface area (Å²) in [5.41, 5.74) is 1.80. The molecule has 0 saturated carbocycles. The molecule has 2 rings (SSSR count). The molecule has 0 atom stereocenters. The third-order valence-electron chi connectivity index (χ3n) is 2.43. The van der Waals surface area contributed by atoms with Crippen molar-refractivity contribution in [2.45, 2.75) is 20.1 Å². The zero-order valence-electron chi connectivity index (χ0n) is 10.3. The van der Waals surface area contributed by atoms with Gasteiger partial charge in [0.15, 0.2) is 11.5 Å². The summed E-state index contributed by atoms with van der Waals surface area (Å²) in [5, 5.41) is 12.0. The minimum absolute atomic E-state index is 0.0116. The van der Waals surface area contributed by atoms with E-state index >= 15 is 0 Å². The Morgan fingerprint density at radius 2 is 2.17 bits per heavy atom. The first kappa shape index (κ1) is 12.9. The molecule has 0 aliphatic rings. The van der Waals surface area contributed by atoms with Gasteiger partial charge in [-0.3, -0.25) is 0 Å². The van der Waals surface area contributed by atoms with Crippen molar-refractivity contribution in [3.63, 3.8) is 0 Å². The van der Waals surface area contributed by atoms with Crippen molar-refractivity contribution < 1.29 is 14.6 Å². The first-order chi connectivity index (χ1) is 8.72. The Bertz CT molecular complexity index is 525. The van der Waals surface area contributed by atoms with E-state index in [1.165, 1.54) is 0 Å². The largest absolute Gasteiger partial charge is 0.493 e. The van der Waals surface area contributed by atoms with E-state index in [0.29, 0.717) is 18.1 Å². The fourth-order valence-electron chi connectivity index (χ4n) is 1.54. The minimum atomic E-state index is -0.0116. The third-order valence-corrected chi connectivity index (χ3v) is 3.37. The highest BCUT2D eigenvalue weighted by molar-refractivity contribution is 7.09. The average Bonchev–Trinajstić information content (AvgIpc) is 2.82. The average molecular weight is 265 g/mol. The highest BCUT2D eigenvalue weighted by atomic mass is 32.1. The molecule has 0 radical (unpaired) electrons. The van der Waals surface area contributed by atoms with E-state index in [2.05, 4.69) is 4.98 Å². The van der Waals surface area contributed by atoms with Crippen molar-refractivity contribution in [1.29, 1.82) is 0 Å². The van der Waals surface area contributed by atoms with Gasteiger partial charge in [-0.25, -0.2) is 4.98 Å². The molecule has 1 heterocycles. The Morgan fingerprint density at radius 1 is 1.33 bits per heavy atom. The van der Waals surface area contributed by atoms with Gasteiger partial charge in [0.1, 0.15) is 11.6 Å². The van der Waals surface area contributed by atoms with Gasteiger partial charge < -0.3 is 14.6 Å². The Labute approximate surface area is 110 Å². The molecule has 18 heavy (non-hydrogen) atoms. The number of benzene rings is 1. The molecule has 0 saturated heterocycles. The van der Waals surface area contributed by atoms with Crippen LogP contribution >= 0.6 is 11.3 Å². The van der Waals surface area contributed by atoms with Gasteiger partial charge in [0.2, 0.25) is 0 Å². The fourth-order valence-corrected chi connectivity index (χ4v) is 2.22. The van der Waals surface area contributed by atoms with E-state index in [0.717, 1.165) is 16.3 Å². The van der Waals surface area contributed by atoms with Crippen LogP contribution in [0, 0.1) is 6.92 Å². The summed E-state index contributed by atoms with van der Waals surface area (Å²) in [5.74, 6) is 1.28. The van der Waals surface area contributed by atoms with E-state index in [1.807, 2.05) is 18.4 Å². The lowest BCUT2D eigenvalue weighted by Crippen LogP contribution is -1.98. The van der Waals surface area contributed by atoms with Gasteiger partial charge in [0.05, 0.1) is 13.7 Å².